The second-order valence-electron chi connectivity index (χ2n) is 3.93. The lowest BCUT2D eigenvalue weighted by Gasteiger charge is -2.08. The second-order valence-corrected chi connectivity index (χ2v) is 3.93. The predicted octanol–water partition coefficient (Wildman–Crippen LogP) is 2.61. The van der Waals surface area contributed by atoms with Crippen LogP contribution in [0.15, 0.2) is 36.5 Å². The van der Waals surface area contributed by atoms with E-state index in [1.165, 1.54) is 0 Å². The summed E-state index contributed by atoms with van der Waals surface area (Å²) in [5.41, 5.74) is 0.936. The van der Waals surface area contributed by atoms with E-state index in [1.54, 1.807) is 6.20 Å². The molecule has 0 aliphatic rings. The molecule has 0 radical (unpaired) electrons. The molecule has 0 saturated heterocycles. The molecule has 2 rings (SSSR count). The van der Waals surface area contributed by atoms with Crippen molar-refractivity contribution < 1.29 is 4.74 Å². The molecule has 0 bridgehead atoms. The van der Waals surface area contributed by atoms with Crippen LogP contribution in [0.25, 0.3) is 10.9 Å². The van der Waals surface area contributed by atoms with Gasteiger partial charge in [-0.25, -0.2) is 0 Å². The fourth-order valence-electron chi connectivity index (χ4n) is 1.73. The molecule has 1 aromatic heterocycles. The molecular formula is C14H18N2O. The number of benzene rings is 1. The first kappa shape index (κ1) is 11.9. The van der Waals surface area contributed by atoms with Gasteiger partial charge in [0.25, 0.3) is 0 Å². The number of hydrogen-bond acceptors (Lipinski definition) is 3. The first-order valence-corrected chi connectivity index (χ1v) is 6.09. The molecule has 0 aliphatic carbocycles. The molecule has 0 fully saturated rings. The van der Waals surface area contributed by atoms with Gasteiger partial charge in [0.15, 0.2) is 0 Å². The van der Waals surface area contributed by atoms with Crippen molar-refractivity contribution in [3.05, 3.63) is 36.5 Å². The number of fused-ring (bicyclic) bond motifs is 1. The van der Waals surface area contributed by atoms with E-state index < -0.39 is 0 Å². The van der Waals surface area contributed by atoms with Crippen LogP contribution in [0, 0.1) is 0 Å². The minimum Gasteiger partial charge on any atom is -0.490 e. The Balaban J connectivity index is 1.98. The molecule has 0 amide bonds. The third kappa shape index (κ3) is 3.17. The van der Waals surface area contributed by atoms with Gasteiger partial charge in [-0.05, 0) is 25.1 Å². The molecule has 17 heavy (non-hydrogen) atoms. The van der Waals surface area contributed by atoms with Crippen molar-refractivity contribution in [2.75, 3.05) is 19.7 Å². The van der Waals surface area contributed by atoms with Gasteiger partial charge < -0.3 is 10.1 Å². The maximum atomic E-state index is 5.74. The zero-order valence-electron chi connectivity index (χ0n) is 10.1. The van der Waals surface area contributed by atoms with Crippen LogP contribution in [0.2, 0.25) is 0 Å². The molecule has 3 nitrogen and oxygen atoms in total. The van der Waals surface area contributed by atoms with Crippen LogP contribution < -0.4 is 10.1 Å². The minimum absolute atomic E-state index is 0.676. The number of ether oxygens (including phenoxy) is 1. The standard InChI is InChI=1S/C14H18N2O/c1-2-8-15-10-11-17-13-7-3-5-12-6-4-9-16-14(12)13/h3-7,9,15H,2,8,10-11H2,1H3. The molecule has 1 N–H and O–H groups in total. The Kier molecular flexibility index (Phi) is 4.33. The number of aromatic nitrogens is 1. The lowest BCUT2D eigenvalue weighted by molar-refractivity contribution is 0.317. The Labute approximate surface area is 102 Å². The highest BCUT2D eigenvalue weighted by molar-refractivity contribution is 5.84. The summed E-state index contributed by atoms with van der Waals surface area (Å²) in [6.07, 6.45) is 2.94. The fourth-order valence-corrected chi connectivity index (χ4v) is 1.73. The van der Waals surface area contributed by atoms with E-state index in [0.29, 0.717) is 6.61 Å². The van der Waals surface area contributed by atoms with E-state index in [9.17, 15) is 0 Å². The number of hydrogen-bond donors (Lipinski definition) is 1. The van der Waals surface area contributed by atoms with Gasteiger partial charge in [0, 0.05) is 18.1 Å². The Morgan fingerprint density at radius 2 is 2.06 bits per heavy atom. The molecule has 3 heteroatoms. The van der Waals surface area contributed by atoms with Gasteiger partial charge >= 0.3 is 0 Å². The third-order valence-corrected chi connectivity index (χ3v) is 2.56. The largest absolute Gasteiger partial charge is 0.490 e. The Hall–Kier alpha value is -1.61. The maximum absolute atomic E-state index is 5.74. The van der Waals surface area contributed by atoms with E-state index in [-0.39, 0.29) is 0 Å². The van der Waals surface area contributed by atoms with Gasteiger partial charge in [-0.1, -0.05) is 25.1 Å². The molecular weight excluding hydrogens is 212 g/mol. The van der Waals surface area contributed by atoms with Gasteiger partial charge in [0.05, 0.1) is 0 Å². The van der Waals surface area contributed by atoms with Crippen LogP contribution in [0.4, 0.5) is 0 Å². The molecule has 0 aliphatic heterocycles. The van der Waals surface area contributed by atoms with Gasteiger partial charge in [-0.3, -0.25) is 4.98 Å². The third-order valence-electron chi connectivity index (χ3n) is 2.56. The van der Waals surface area contributed by atoms with E-state index in [4.69, 9.17) is 4.74 Å². The van der Waals surface area contributed by atoms with Crippen molar-refractivity contribution >= 4 is 10.9 Å². The van der Waals surface area contributed by atoms with Crippen LogP contribution in [0.3, 0.4) is 0 Å². The summed E-state index contributed by atoms with van der Waals surface area (Å²) in [6, 6.07) is 10.00. The Morgan fingerprint density at radius 1 is 1.18 bits per heavy atom. The van der Waals surface area contributed by atoms with Crippen LogP contribution in [0.5, 0.6) is 5.75 Å². The summed E-state index contributed by atoms with van der Waals surface area (Å²) in [5.74, 6) is 0.862. The van der Waals surface area contributed by atoms with Crippen molar-refractivity contribution in [2.45, 2.75) is 13.3 Å². The molecule has 0 spiro atoms. The Morgan fingerprint density at radius 3 is 2.94 bits per heavy atom. The van der Waals surface area contributed by atoms with Crippen LogP contribution >= 0.6 is 0 Å². The highest BCUT2D eigenvalue weighted by Crippen LogP contribution is 2.22. The topological polar surface area (TPSA) is 34.1 Å². The van der Waals surface area contributed by atoms with Crippen LogP contribution in [-0.2, 0) is 0 Å². The molecule has 1 heterocycles. The second kappa shape index (κ2) is 6.21. The van der Waals surface area contributed by atoms with Crippen molar-refractivity contribution in [3.63, 3.8) is 0 Å². The van der Waals surface area contributed by atoms with Gasteiger partial charge in [0.2, 0.25) is 0 Å². The Bertz CT molecular complexity index is 465. The van der Waals surface area contributed by atoms with E-state index in [0.717, 1.165) is 36.2 Å². The van der Waals surface area contributed by atoms with E-state index >= 15 is 0 Å². The molecule has 0 unspecified atom stereocenters. The zero-order valence-corrected chi connectivity index (χ0v) is 10.1. The van der Waals surface area contributed by atoms with E-state index in [2.05, 4.69) is 17.2 Å². The number of nitrogens with one attached hydrogen (secondary N) is 1. The SMILES string of the molecule is CCCNCCOc1cccc2cccnc12. The van der Waals surface area contributed by atoms with Crippen molar-refractivity contribution in [1.29, 1.82) is 0 Å². The monoisotopic (exact) mass is 230 g/mol. The van der Waals surface area contributed by atoms with Crippen molar-refractivity contribution in [3.8, 4) is 5.75 Å². The van der Waals surface area contributed by atoms with Crippen LogP contribution in [-0.4, -0.2) is 24.7 Å². The molecule has 1 aromatic carbocycles. The first-order valence-electron chi connectivity index (χ1n) is 6.09. The predicted molar refractivity (Wildman–Crippen MR) is 70.4 cm³/mol. The van der Waals surface area contributed by atoms with Gasteiger partial charge in [0.1, 0.15) is 17.9 Å². The zero-order chi connectivity index (χ0) is 11.9. The summed E-state index contributed by atoms with van der Waals surface area (Å²) >= 11 is 0. The lowest BCUT2D eigenvalue weighted by Crippen LogP contribution is -2.21. The highest BCUT2D eigenvalue weighted by Gasteiger charge is 2.01. The molecule has 90 valence electrons. The molecule has 0 saturated carbocycles. The summed E-state index contributed by atoms with van der Waals surface area (Å²) in [6.45, 7) is 4.74. The summed E-state index contributed by atoms with van der Waals surface area (Å²) in [4.78, 5) is 4.35. The normalized spacial score (nSPS) is 10.6. The average Bonchev–Trinajstić information content (AvgIpc) is 2.39. The lowest BCUT2D eigenvalue weighted by atomic mass is 10.2. The fraction of sp³-hybridized carbons (Fsp3) is 0.357. The highest BCUT2D eigenvalue weighted by atomic mass is 16.5. The first-order chi connectivity index (χ1) is 8.42. The van der Waals surface area contributed by atoms with Crippen molar-refractivity contribution in [1.82, 2.24) is 10.3 Å². The number of nitrogens with zero attached hydrogens (tertiary/aromatic N) is 1. The number of pyridine rings is 1. The maximum Gasteiger partial charge on any atom is 0.145 e. The summed E-state index contributed by atoms with van der Waals surface area (Å²) in [7, 11) is 0. The average molecular weight is 230 g/mol. The van der Waals surface area contributed by atoms with E-state index in [1.807, 2.05) is 30.3 Å². The van der Waals surface area contributed by atoms with Gasteiger partial charge in [-0.2, -0.15) is 0 Å². The number of rotatable bonds is 6. The summed E-state index contributed by atoms with van der Waals surface area (Å²) < 4.78 is 5.74. The smallest absolute Gasteiger partial charge is 0.145 e. The van der Waals surface area contributed by atoms with Gasteiger partial charge in [-0.15, -0.1) is 0 Å². The quantitative estimate of drug-likeness (QED) is 0.775. The van der Waals surface area contributed by atoms with Crippen molar-refractivity contribution in [2.24, 2.45) is 0 Å². The molecule has 2 aromatic rings. The number of para-hydroxylation sites is 1. The molecule has 0 atom stereocenters. The van der Waals surface area contributed by atoms with Crippen LogP contribution in [0.1, 0.15) is 13.3 Å². The summed E-state index contributed by atoms with van der Waals surface area (Å²) in [5, 5.41) is 4.43. The minimum atomic E-state index is 0.676.